The van der Waals surface area contributed by atoms with Crippen LogP contribution in [0.3, 0.4) is 0 Å². The summed E-state index contributed by atoms with van der Waals surface area (Å²) in [7, 11) is 0. The number of anilines is 2. The minimum atomic E-state index is -0.0452. The van der Waals surface area contributed by atoms with Crippen LogP contribution in [-0.4, -0.2) is 34.7 Å². The highest BCUT2D eigenvalue weighted by Crippen LogP contribution is 2.23. The Morgan fingerprint density at radius 3 is 2.83 bits per heavy atom. The van der Waals surface area contributed by atoms with Crippen molar-refractivity contribution in [3.05, 3.63) is 41.1 Å². The Bertz CT molecular complexity index is 706. The summed E-state index contributed by atoms with van der Waals surface area (Å²) < 4.78 is 0.940. The predicted molar refractivity (Wildman–Crippen MR) is 102 cm³/mol. The summed E-state index contributed by atoms with van der Waals surface area (Å²) in [5.74, 6) is 1.24. The maximum atomic E-state index is 12.1. The lowest BCUT2D eigenvalue weighted by Crippen LogP contribution is -2.30. The third-order valence-corrected chi connectivity index (χ3v) is 5.19. The molecular weight excluding hydrogens is 388 g/mol. The third kappa shape index (κ3) is 4.95. The van der Waals surface area contributed by atoms with Crippen LogP contribution in [-0.2, 0) is 4.79 Å². The average molecular weight is 407 g/mol. The molecule has 1 fully saturated rings. The summed E-state index contributed by atoms with van der Waals surface area (Å²) in [4.78, 5) is 23.0. The van der Waals surface area contributed by atoms with Gasteiger partial charge in [-0.05, 0) is 37.5 Å². The van der Waals surface area contributed by atoms with E-state index in [9.17, 15) is 4.79 Å². The molecule has 0 saturated carbocycles. The topological polar surface area (TPSA) is 58.1 Å². The molecule has 5 nitrogen and oxygen atoms in total. The monoisotopic (exact) mass is 406 g/mol. The Kier molecular flexibility index (Phi) is 6.09. The van der Waals surface area contributed by atoms with Gasteiger partial charge in [0.25, 0.3) is 0 Å². The molecular formula is C17H19BrN4OS. The van der Waals surface area contributed by atoms with Crippen LogP contribution in [0.25, 0.3) is 0 Å². The van der Waals surface area contributed by atoms with Crippen LogP contribution in [0.15, 0.2) is 46.2 Å². The van der Waals surface area contributed by atoms with Gasteiger partial charge in [-0.15, -0.1) is 0 Å². The Morgan fingerprint density at radius 1 is 1.21 bits per heavy atom. The quantitative estimate of drug-likeness (QED) is 0.601. The SMILES string of the molecule is O=C(CSc1cc(N2CCCCC2)ncn1)Nc1cccc(Br)c1. The van der Waals surface area contributed by atoms with E-state index in [1.165, 1.54) is 31.0 Å². The molecule has 126 valence electrons. The summed E-state index contributed by atoms with van der Waals surface area (Å²) in [6.07, 6.45) is 5.29. The highest BCUT2D eigenvalue weighted by atomic mass is 79.9. The molecule has 1 amide bonds. The number of halogens is 1. The molecule has 1 aromatic carbocycles. The fraction of sp³-hybridized carbons (Fsp3) is 0.353. The molecule has 1 N–H and O–H groups in total. The Morgan fingerprint density at radius 2 is 2.04 bits per heavy atom. The number of piperidine rings is 1. The lowest BCUT2D eigenvalue weighted by atomic mass is 10.1. The first-order valence-electron chi connectivity index (χ1n) is 7.96. The summed E-state index contributed by atoms with van der Waals surface area (Å²) >= 11 is 4.82. The van der Waals surface area contributed by atoms with Crippen LogP contribution < -0.4 is 10.2 Å². The van der Waals surface area contributed by atoms with Crippen LogP contribution >= 0.6 is 27.7 Å². The second-order valence-corrected chi connectivity index (χ2v) is 7.52. The van der Waals surface area contributed by atoms with Gasteiger partial charge < -0.3 is 10.2 Å². The summed E-state index contributed by atoms with van der Waals surface area (Å²) in [6.45, 7) is 2.09. The number of amides is 1. The second-order valence-electron chi connectivity index (χ2n) is 5.61. The van der Waals surface area contributed by atoms with Crippen molar-refractivity contribution >= 4 is 45.1 Å². The van der Waals surface area contributed by atoms with E-state index < -0.39 is 0 Å². The first kappa shape index (κ1) is 17.2. The fourth-order valence-corrected chi connectivity index (χ4v) is 3.67. The van der Waals surface area contributed by atoms with Gasteiger partial charge in [0.05, 0.1) is 5.75 Å². The normalized spacial score (nSPS) is 14.5. The first-order chi connectivity index (χ1) is 11.7. The number of nitrogens with zero attached hydrogens (tertiary/aromatic N) is 3. The van der Waals surface area contributed by atoms with Crippen molar-refractivity contribution in [2.24, 2.45) is 0 Å². The number of nitrogens with one attached hydrogen (secondary N) is 1. The summed E-state index contributed by atoms with van der Waals surface area (Å²) in [5, 5.41) is 3.72. The molecule has 0 radical (unpaired) electrons. The van der Waals surface area contributed by atoms with Crippen molar-refractivity contribution < 1.29 is 4.79 Å². The van der Waals surface area contributed by atoms with Gasteiger partial charge in [-0.3, -0.25) is 4.79 Å². The van der Waals surface area contributed by atoms with Crippen LogP contribution in [0, 0.1) is 0 Å². The van der Waals surface area contributed by atoms with Crippen molar-refractivity contribution in [2.75, 3.05) is 29.1 Å². The highest BCUT2D eigenvalue weighted by Gasteiger charge is 2.13. The number of carbonyl (C=O) groups excluding carboxylic acids is 1. The molecule has 0 spiro atoms. The van der Waals surface area contributed by atoms with Crippen molar-refractivity contribution in [1.29, 1.82) is 0 Å². The molecule has 24 heavy (non-hydrogen) atoms. The molecule has 2 heterocycles. The summed E-state index contributed by atoms with van der Waals surface area (Å²) in [6, 6.07) is 9.53. The summed E-state index contributed by atoms with van der Waals surface area (Å²) in [5.41, 5.74) is 0.784. The standard InChI is InChI=1S/C17H19BrN4OS/c18-13-5-4-6-14(9-13)21-16(23)11-24-17-10-15(19-12-20-17)22-7-2-1-3-8-22/h4-6,9-10,12H,1-3,7-8,11H2,(H,21,23). The smallest absolute Gasteiger partial charge is 0.234 e. The van der Waals surface area contributed by atoms with E-state index in [0.717, 1.165) is 34.1 Å². The zero-order valence-corrected chi connectivity index (χ0v) is 15.6. The van der Waals surface area contributed by atoms with Crippen molar-refractivity contribution in [1.82, 2.24) is 9.97 Å². The van der Waals surface area contributed by atoms with Crippen LogP contribution in [0.2, 0.25) is 0 Å². The van der Waals surface area contributed by atoms with E-state index in [1.54, 1.807) is 6.33 Å². The zero-order chi connectivity index (χ0) is 16.8. The van der Waals surface area contributed by atoms with E-state index in [4.69, 9.17) is 0 Å². The molecule has 1 saturated heterocycles. The minimum absolute atomic E-state index is 0.0452. The van der Waals surface area contributed by atoms with Gasteiger partial charge in [-0.25, -0.2) is 9.97 Å². The number of hydrogen-bond acceptors (Lipinski definition) is 5. The van der Waals surface area contributed by atoms with Crippen LogP contribution in [0.5, 0.6) is 0 Å². The van der Waals surface area contributed by atoms with Gasteiger partial charge >= 0.3 is 0 Å². The highest BCUT2D eigenvalue weighted by molar-refractivity contribution is 9.10. The number of hydrogen-bond donors (Lipinski definition) is 1. The first-order valence-corrected chi connectivity index (χ1v) is 9.74. The number of aromatic nitrogens is 2. The number of carbonyl (C=O) groups is 1. The van der Waals surface area contributed by atoms with Gasteiger partial charge in [0.1, 0.15) is 17.2 Å². The average Bonchev–Trinajstić information content (AvgIpc) is 2.61. The number of rotatable bonds is 5. The molecule has 0 unspecified atom stereocenters. The van der Waals surface area contributed by atoms with Crippen LogP contribution in [0.4, 0.5) is 11.5 Å². The van der Waals surface area contributed by atoms with E-state index >= 15 is 0 Å². The predicted octanol–water partition coefficient (Wildman–Crippen LogP) is 3.96. The Labute approximate surface area is 154 Å². The number of benzene rings is 1. The van der Waals surface area contributed by atoms with Gasteiger partial charge in [-0.2, -0.15) is 0 Å². The fourth-order valence-electron chi connectivity index (χ4n) is 2.61. The van der Waals surface area contributed by atoms with Gasteiger partial charge in [-0.1, -0.05) is 33.8 Å². The van der Waals surface area contributed by atoms with Crippen molar-refractivity contribution in [3.63, 3.8) is 0 Å². The van der Waals surface area contributed by atoms with Gasteiger partial charge in [0.2, 0.25) is 5.91 Å². The molecule has 3 rings (SSSR count). The second kappa shape index (κ2) is 8.48. The van der Waals surface area contributed by atoms with E-state index in [1.807, 2.05) is 30.3 Å². The molecule has 1 aliphatic rings. The van der Waals surface area contributed by atoms with Crippen molar-refractivity contribution in [2.45, 2.75) is 24.3 Å². The van der Waals surface area contributed by atoms with Gasteiger partial charge in [0.15, 0.2) is 0 Å². The Hall–Kier alpha value is -1.60. The molecule has 1 aliphatic heterocycles. The molecule has 1 aromatic heterocycles. The Balaban J connectivity index is 1.55. The minimum Gasteiger partial charge on any atom is -0.356 e. The van der Waals surface area contributed by atoms with E-state index in [2.05, 4.69) is 36.1 Å². The maximum Gasteiger partial charge on any atom is 0.234 e. The lowest BCUT2D eigenvalue weighted by Gasteiger charge is -2.27. The lowest BCUT2D eigenvalue weighted by molar-refractivity contribution is -0.113. The largest absolute Gasteiger partial charge is 0.356 e. The van der Waals surface area contributed by atoms with Crippen molar-refractivity contribution in [3.8, 4) is 0 Å². The van der Waals surface area contributed by atoms with E-state index in [-0.39, 0.29) is 5.91 Å². The number of thioether (sulfide) groups is 1. The van der Waals surface area contributed by atoms with Gasteiger partial charge in [0, 0.05) is 29.3 Å². The third-order valence-electron chi connectivity index (χ3n) is 3.77. The van der Waals surface area contributed by atoms with E-state index in [0.29, 0.717) is 5.75 Å². The molecule has 0 aliphatic carbocycles. The zero-order valence-electron chi connectivity index (χ0n) is 13.2. The van der Waals surface area contributed by atoms with Crippen LogP contribution in [0.1, 0.15) is 19.3 Å². The molecule has 7 heteroatoms. The molecule has 2 aromatic rings. The molecule has 0 bridgehead atoms. The maximum absolute atomic E-state index is 12.1. The molecule has 0 atom stereocenters.